The van der Waals surface area contributed by atoms with Gasteiger partial charge in [0, 0.05) is 25.3 Å². The Hall–Kier alpha value is -1.44. The monoisotopic (exact) mass is 274 g/mol. The summed E-state index contributed by atoms with van der Waals surface area (Å²) in [5.41, 5.74) is 2.77. The maximum atomic E-state index is 4.22. The normalized spacial score (nSPS) is 12.2. The van der Waals surface area contributed by atoms with E-state index in [0.29, 0.717) is 0 Å². The van der Waals surface area contributed by atoms with Crippen molar-refractivity contribution in [3.05, 3.63) is 42.2 Å². The summed E-state index contributed by atoms with van der Waals surface area (Å²) < 4.78 is 0. The van der Waals surface area contributed by atoms with E-state index in [4.69, 9.17) is 0 Å². The third-order valence-electron chi connectivity index (χ3n) is 3.90. The molecule has 0 amide bonds. The van der Waals surface area contributed by atoms with Gasteiger partial charge >= 0.3 is 0 Å². The molecule has 0 aliphatic rings. The minimum absolute atomic E-state index is 0.0662. The number of hydrogen-bond donors (Lipinski definition) is 0. The molecule has 1 aromatic carbocycles. The van der Waals surface area contributed by atoms with Crippen LogP contribution >= 0.6 is 0 Å². The van der Waals surface area contributed by atoms with Crippen LogP contribution < -0.4 is 4.90 Å². The molecule has 2 nitrogen and oxygen atoms in total. The third kappa shape index (κ3) is 3.78. The smallest absolute Gasteiger partial charge is 0.101 e. The quantitative estimate of drug-likeness (QED) is 0.793. The molecule has 0 aliphatic carbocycles. The van der Waals surface area contributed by atoms with Gasteiger partial charge in [0.1, 0.15) is 5.82 Å². The van der Waals surface area contributed by atoms with E-state index in [0.717, 1.165) is 5.82 Å². The van der Waals surface area contributed by atoms with Crippen LogP contribution in [0, 0.1) is 0 Å². The van der Waals surface area contributed by atoms with E-state index in [1.54, 1.807) is 0 Å². The molecule has 0 saturated carbocycles. The molecular weight excluding hydrogens is 244 g/mol. The van der Waals surface area contributed by atoms with Gasteiger partial charge in [0.15, 0.2) is 0 Å². The molecule has 2 heteroatoms. The largest absolute Gasteiger partial charge is 0.357 e. The van der Waals surface area contributed by atoms with Crippen LogP contribution in [0.4, 0.5) is 5.69 Å². The van der Waals surface area contributed by atoms with Gasteiger partial charge in [-0.1, -0.05) is 39.5 Å². The Morgan fingerprint density at radius 1 is 0.900 bits per heavy atom. The topological polar surface area (TPSA) is 6.48 Å². The van der Waals surface area contributed by atoms with Gasteiger partial charge in [-0.2, -0.15) is 0 Å². The molecule has 0 saturated heterocycles. The second kappa shape index (κ2) is 5.51. The molecule has 0 fully saturated rings. The van der Waals surface area contributed by atoms with E-state index >= 15 is 0 Å². The van der Waals surface area contributed by atoms with Gasteiger partial charge in [-0.25, -0.2) is 0 Å². The summed E-state index contributed by atoms with van der Waals surface area (Å²) in [5, 5.41) is 0. The summed E-state index contributed by atoms with van der Waals surface area (Å²) in [5.74, 6) is 1.00. The van der Waals surface area contributed by atoms with Crippen LogP contribution in [0.25, 0.3) is 0 Å². The van der Waals surface area contributed by atoms with E-state index in [9.17, 15) is 0 Å². The Morgan fingerprint density at radius 2 is 1.35 bits per heavy atom. The molecule has 0 unspecified atom stereocenters. The first-order valence-electron chi connectivity index (χ1n) is 7.21. The van der Waals surface area contributed by atoms with E-state index in [2.05, 4.69) is 96.3 Å². The molecule has 1 rings (SSSR count). The highest BCUT2D eigenvalue weighted by molar-refractivity contribution is 5.52. The molecule has 112 valence electrons. The highest BCUT2D eigenvalue weighted by atomic mass is 15.3. The lowest BCUT2D eigenvalue weighted by molar-refractivity contribution is 0.224. The summed E-state index contributed by atoms with van der Waals surface area (Å²) in [6.45, 7) is 17.5. The molecule has 0 aromatic heterocycles. The van der Waals surface area contributed by atoms with Crippen LogP contribution in [0.2, 0.25) is 0 Å². The fraction of sp³-hybridized carbons (Fsp3) is 0.556. The van der Waals surface area contributed by atoms with Crippen molar-refractivity contribution in [2.75, 3.05) is 19.0 Å². The van der Waals surface area contributed by atoms with Crippen molar-refractivity contribution in [2.24, 2.45) is 0 Å². The van der Waals surface area contributed by atoms with Crippen molar-refractivity contribution in [3.8, 4) is 0 Å². The minimum atomic E-state index is 0.0662. The Balaban J connectivity index is 2.93. The Labute approximate surface area is 125 Å². The average Bonchev–Trinajstić information content (AvgIpc) is 2.34. The molecule has 1 aromatic rings. The molecule has 0 bridgehead atoms. The van der Waals surface area contributed by atoms with Crippen LogP contribution in [-0.2, 0) is 5.41 Å². The SMILES string of the molecule is C=C(N(C)c1ccc(C(C)(C)C)cc1)N(C)C(C)(C)C. The maximum Gasteiger partial charge on any atom is 0.101 e. The van der Waals surface area contributed by atoms with E-state index in [-0.39, 0.29) is 11.0 Å². The predicted octanol–water partition coefficient (Wildman–Crippen LogP) is 4.62. The summed E-state index contributed by atoms with van der Waals surface area (Å²) in [6.07, 6.45) is 0. The first kappa shape index (κ1) is 16.6. The third-order valence-corrected chi connectivity index (χ3v) is 3.90. The lowest BCUT2D eigenvalue weighted by atomic mass is 9.87. The van der Waals surface area contributed by atoms with Gasteiger partial charge in [-0.05, 0) is 43.9 Å². The maximum absolute atomic E-state index is 4.22. The highest BCUT2D eigenvalue weighted by Crippen LogP contribution is 2.27. The Morgan fingerprint density at radius 3 is 1.70 bits per heavy atom. The van der Waals surface area contributed by atoms with Crippen LogP contribution in [-0.4, -0.2) is 24.5 Å². The van der Waals surface area contributed by atoms with E-state index < -0.39 is 0 Å². The van der Waals surface area contributed by atoms with Crippen molar-refractivity contribution in [3.63, 3.8) is 0 Å². The predicted molar refractivity (Wildman–Crippen MR) is 90.2 cm³/mol. The van der Waals surface area contributed by atoms with Crippen molar-refractivity contribution < 1.29 is 0 Å². The number of hydrogen-bond acceptors (Lipinski definition) is 2. The first-order valence-corrected chi connectivity index (χ1v) is 7.21. The fourth-order valence-corrected chi connectivity index (χ4v) is 1.95. The summed E-state index contributed by atoms with van der Waals surface area (Å²) in [7, 11) is 4.15. The first-order chi connectivity index (χ1) is 8.94. The molecule has 0 atom stereocenters. The van der Waals surface area contributed by atoms with Gasteiger partial charge in [-0.15, -0.1) is 0 Å². The summed E-state index contributed by atoms with van der Waals surface area (Å²) in [6, 6.07) is 8.75. The van der Waals surface area contributed by atoms with Crippen molar-refractivity contribution in [2.45, 2.75) is 52.5 Å². The number of anilines is 1. The lowest BCUT2D eigenvalue weighted by Crippen LogP contribution is -2.42. The van der Waals surface area contributed by atoms with Crippen molar-refractivity contribution in [1.29, 1.82) is 0 Å². The molecule has 0 heterocycles. The minimum Gasteiger partial charge on any atom is -0.357 e. The van der Waals surface area contributed by atoms with Crippen LogP contribution in [0.3, 0.4) is 0 Å². The molecular formula is C18H30N2. The van der Waals surface area contributed by atoms with Crippen LogP contribution in [0.5, 0.6) is 0 Å². The lowest BCUT2D eigenvalue weighted by Gasteiger charge is -2.39. The van der Waals surface area contributed by atoms with Gasteiger partial charge < -0.3 is 9.80 Å². The standard InChI is InChI=1S/C18H30N2/c1-14(20(9)18(5,6)7)19(8)16-12-10-15(11-13-16)17(2,3)4/h10-13H,1H2,2-9H3. The average molecular weight is 274 g/mol. The zero-order valence-corrected chi connectivity index (χ0v) is 14.4. The zero-order valence-electron chi connectivity index (χ0n) is 14.4. The Bertz CT molecular complexity index is 458. The van der Waals surface area contributed by atoms with E-state index in [1.165, 1.54) is 11.3 Å². The Kier molecular flexibility index (Phi) is 4.58. The van der Waals surface area contributed by atoms with Gasteiger partial charge in [0.2, 0.25) is 0 Å². The fourth-order valence-electron chi connectivity index (χ4n) is 1.95. The second-order valence-electron chi connectivity index (χ2n) is 7.50. The summed E-state index contributed by atoms with van der Waals surface area (Å²) in [4.78, 5) is 4.34. The molecule has 0 radical (unpaired) electrons. The molecule has 0 aliphatic heterocycles. The van der Waals surface area contributed by atoms with Gasteiger partial charge in [0.25, 0.3) is 0 Å². The molecule has 20 heavy (non-hydrogen) atoms. The molecule has 0 N–H and O–H groups in total. The van der Waals surface area contributed by atoms with Crippen LogP contribution in [0.1, 0.15) is 47.1 Å². The second-order valence-corrected chi connectivity index (χ2v) is 7.50. The number of nitrogens with zero attached hydrogens (tertiary/aromatic N) is 2. The van der Waals surface area contributed by atoms with Crippen molar-refractivity contribution >= 4 is 5.69 Å². The zero-order chi connectivity index (χ0) is 15.7. The highest BCUT2D eigenvalue weighted by Gasteiger charge is 2.21. The van der Waals surface area contributed by atoms with Gasteiger partial charge in [0.05, 0.1) is 0 Å². The van der Waals surface area contributed by atoms with Crippen molar-refractivity contribution in [1.82, 2.24) is 4.90 Å². The van der Waals surface area contributed by atoms with Gasteiger partial charge in [-0.3, -0.25) is 0 Å². The number of benzene rings is 1. The van der Waals surface area contributed by atoms with E-state index in [1.807, 2.05) is 0 Å². The molecule has 0 spiro atoms. The number of rotatable bonds is 3. The summed E-state index contributed by atoms with van der Waals surface area (Å²) >= 11 is 0. The van der Waals surface area contributed by atoms with Crippen LogP contribution in [0.15, 0.2) is 36.7 Å².